The lowest BCUT2D eigenvalue weighted by molar-refractivity contribution is 0.627. The quantitative estimate of drug-likeness (QED) is 0.751. The second-order valence-corrected chi connectivity index (χ2v) is 4.12. The molecule has 2 heterocycles. The molecule has 3 rings (SSSR count). The summed E-state index contributed by atoms with van der Waals surface area (Å²) in [6.45, 7) is 1.77. The molecule has 0 saturated heterocycles. The molecule has 0 amide bonds. The normalized spacial score (nSPS) is 10.7. The maximum absolute atomic E-state index is 13.1. The monoisotopic (exact) mass is 271 g/mol. The van der Waals surface area contributed by atoms with Crippen molar-refractivity contribution in [3.05, 3.63) is 42.2 Å². The molecule has 0 radical (unpaired) electrons. The molecule has 8 heteroatoms. The van der Waals surface area contributed by atoms with Crippen molar-refractivity contribution in [1.82, 2.24) is 29.7 Å². The van der Waals surface area contributed by atoms with Gasteiger partial charge in [0.2, 0.25) is 5.95 Å². The molecule has 0 atom stereocenters. The van der Waals surface area contributed by atoms with Crippen molar-refractivity contribution < 1.29 is 4.39 Å². The molecule has 0 aliphatic carbocycles. The Balaban J connectivity index is 2.14. The lowest BCUT2D eigenvalue weighted by Crippen LogP contribution is -2.08. The van der Waals surface area contributed by atoms with Crippen LogP contribution in [-0.2, 0) is 0 Å². The van der Waals surface area contributed by atoms with E-state index in [9.17, 15) is 4.39 Å². The maximum Gasteiger partial charge on any atom is 0.257 e. The number of halogens is 1. The fourth-order valence-corrected chi connectivity index (χ4v) is 1.79. The highest BCUT2D eigenvalue weighted by atomic mass is 19.1. The zero-order valence-electron chi connectivity index (χ0n) is 10.5. The summed E-state index contributed by atoms with van der Waals surface area (Å²) in [4.78, 5) is 16.2. The smallest absolute Gasteiger partial charge is 0.257 e. The first kappa shape index (κ1) is 12.2. The fraction of sp³-hybridized carbons (Fsp3) is 0.0833. The summed E-state index contributed by atoms with van der Waals surface area (Å²) in [7, 11) is 0. The van der Waals surface area contributed by atoms with Crippen LogP contribution in [0.1, 0.15) is 5.56 Å². The predicted octanol–water partition coefficient (Wildman–Crippen LogP) is 1.15. The van der Waals surface area contributed by atoms with Crippen LogP contribution in [0, 0.1) is 12.7 Å². The van der Waals surface area contributed by atoms with Crippen molar-refractivity contribution in [2.75, 3.05) is 5.73 Å². The highest BCUT2D eigenvalue weighted by molar-refractivity contribution is 5.61. The molecule has 100 valence electrons. The van der Waals surface area contributed by atoms with Gasteiger partial charge in [-0.05, 0) is 30.7 Å². The molecule has 2 N–H and O–H groups in total. The minimum absolute atomic E-state index is 0.0595. The van der Waals surface area contributed by atoms with Crippen LogP contribution in [0.15, 0.2) is 30.9 Å². The molecular formula is C12H10FN7. The summed E-state index contributed by atoms with van der Waals surface area (Å²) in [6, 6.07) is 4.35. The van der Waals surface area contributed by atoms with E-state index in [1.165, 1.54) is 29.5 Å². The summed E-state index contributed by atoms with van der Waals surface area (Å²) >= 11 is 0. The average Bonchev–Trinajstić information content (AvgIpc) is 2.91. The molecule has 1 aromatic carbocycles. The second kappa shape index (κ2) is 4.65. The number of rotatable bonds is 2. The SMILES string of the molecule is Cc1cc(F)ccc1-c1nc(N)nc(-n2cncn2)n1. The van der Waals surface area contributed by atoms with Crippen LogP contribution in [0.3, 0.4) is 0 Å². The van der Waals surface area contributed by atoms with Gasteiger partial charge in [0, 0.05) is 5.56 Å². The largest absolute Gasteiger partial charge is 0.368 e. The molecule has 2 aromatic heterocycles. The number of nitrogens with zero attached hydrogens (tertiary/aromatic N) is 6. The first-order valence-electron chi connectivity index (χ1n) is 5.76. The van der Waals surface area contributed by atoms with Gasteiger partial charge in [0.05, 0.1) is 0 Å². The molecular weight excluding hydrogens is 261 g/mol. The Bertz CT molecular complexity index is 755. The third-order valence-corrected chi connectivity index (χ3v) is 2.69. The lowest BCUT2D eigenvalue weighted by atomic mass is 10.1. The zero-order chi connectivity index (χ0) is 14.1. The van der Waals surface area contributed by atoms with Crippen LogP contribution in [0.4, 0.5) is 10.3 Å². The standard InChI is InChI=1S/C12H10FN7/c1-7-4-8(13)2-3-9(7)10-17-11(14)19-12(18-10)20-6-15-5-16-20/h2-6H,1H3,(H2,14,17,18,19). The number of aromatic nitrogens is 6. The van der Waals surface area contributed by atoms with Crippen LogP contribution < -0.4 is 5.73 Å². The Labute approximate surface area is 113 Å². The molecule has 0 spiro atoms. The van der Waals surface area contributed by atoms with E-state index in [1.54, 1.807) is 13.0 Å². The van der Waals surface area contributed by atoms with Crippen LogP contribution in [0.25, 0.3) is 17.3 Å². The number of hydrogen-bond donors (Lipinski definition) is 1. The van der Waals surface area contributed by atoms with Crippen LogP contribution >= 0.6 is 0 Å². The molecule has 0 fully saturated rings. The molecule has 0 aliphatic rings. The van der Waals surface area contributed by atoms with Gasteiger partial charge in [-0.2, -0.15) is 24.7 Å². The van der Waals surface area contributed by atoms with Gasteiger partial charge in [0.15, 0.2) is 5.82 Å². The van der Waals surface area contributed by atoms with Gasteiger partial charge < -0.3 is 5.73 Å². The third-order valence-electron chi connectivity index (χ3n) is 2.69. The predicted molar refractivity (Wildman–Crippen MR) is 69.3 cm³/mol. The lowest BCUT2D eigenvalue weighted by Gasteiger charge is -2.07. The summed E-state index contributed by atoms with van der Waals surface area (Å²) in [5.74, 6) is 0.364. The third kappa shape index (κ3) is 2.18. The van der Waals surface area contributed by atoms with Gasteiger partial charge in [-0.3, -0.25) is 0 Å². The van der Waals surface area contributed by atoms with Crippen molar-refractivity contribution in [2.45, 2.75) is 6.92 Å². The van der Waals surface area contributed by atoms with E-state index in [2.05, 4.69) is 25.0 Å². The van der Waals surface area contributed by atoms with E-state index in [-0.39, 0.29) is 17.7 Å². The van der Waals surface area contributed by atoms with E-state index >= 15 is 0 Å². The number of anilines is 1. The molecule has 7 nitrogen and oxygen atoms in total. The number of benzene rings is 1. The summed E-state index contributed by atoms with van der Waals surface area (Å²) in [5, 5.41) is 3.94. The fourth-order valence-electron chi connectivity index (χ4n) is 1.79. The minimum Gasteiger partial charge on any atom is -0.368 e. The van der Waals surface area contributed by atoms with Gasteiger partial charge in [0.25, 0.3) is 5.95 Å². The summed E-state index contributed by atoms with van der Waals surface area (Å²) < 4.78 is 14.5. The van der Waals surface area contributed by atoms with E-state index in [1.807, 2.05) is 0 Å². The number of nitrogens with two attached hydrogens (primary N) is 1. The van der Waals surface area contributed by atoms with E-state index < -0.39 is 0 Å². The topological polar surface area (TPSA) is 95.4 Å². The van der Waals surface area contributed by atoms with Gasteiger partial charge in [-0.15, -0.1) is 0 Å². The number of nitrogen functional groups attached to an aromatic ring is 1. The van der Waals surface area contributed by atoms with Crippen molar-refractivity contribution in [1.29, 1.82) is 0 Å². The van der Waals surface area contributed by atoms with Gasteiger partial charge in [-0.1, -0.05) is 0 Å². The Kier molecular flexibility index (Phi) is 2.82. The zero-order valence-corrected chi connectivity index (χ0v) is 10.5. The van der Waals surface area contributed by atoms with Crippen molar-refractivity contribution in [3.63, 3.8) is 0 Å². The van der Waals surface area contributed by atoms with Gasteiger partial charge in [-0.25, -0.2) is 9.37 Å². The molecule has 3 aromatic rings. The second-order valence-electron chi connectivity index (χ2n) is 4.12. The van der Waals surface area contributed by atoms with E-state index in [0.29, 0.717) is 17.0 Å². The summed E-state index contributed by atoms with van der Waals surface area (Å²) in [5.41, 5.74) is 7.08. The first-order chi connectivity index (χ1) is 9.63. The Morgan fingerprint density at radius 2 is 2.05 bits per heavy atom. The van der Waals surface area contributed by atoms with Crippen molar-refractivity contribution in [3.8, 4) is 17.3 Å². The molecule has 0 unspecified atom stereocenters. The van der Waals surface area contributed by atoms with Gasteiger partial charge >= 0.3 is 0 Å². The molecule has 20 heavy (non-hydrogen) atoms. The Morgan fingerprint density at radius 3 is 2.75 bits per heavy atom. The number of aryl methyl sites for hydroxylation is 1. The van der Waals surface area contributed by atoms with E-state index in [0.717, 1.165) is 0 Å². The minimum atomic E-state index is -0.315. The highest BCUT2D eigenvalue weighted by Gasteiger charge is 2.11. The Morgan fingerprint density at radius 1 is 1.20 bits per heavy atom. The summed E-state index contributed by atoms with van der Waals surface area (Å²) in [6.07, 6.45) is 2.82. The van der Waals surface area contributed by atoms with Crippen LogP contribution in [0.5, 0.6) is 0 Å². The first-order valence-corrected chi connectivity index (χ1v) is 5.76. The maximum atomic E-state index is 13.1. The van der Waals surface area contributed by atoms with E-state index in [4.69, 9.17) is 5.73 Å². The number of hydrogen-bond acceptors (Lipinski definition) is 6. The van der Waals surface area contributed by atoms with Crippen molar-refractivity contribution >= 4 is 5.95 Å². The Hall–Kier alpha value is -2.90. The molecule has 0 aliphatic heterocycles. The van der Waals surface area contributed by atoms with Gasteiger partial charge in [0.1, 0.15) is 18.5 Å². The van der Waals surface area contributed by atoms with Crippen LogP contribution in [0.2, 0.25) is 0 Å². The molecule has 0 bridgehead atoms. The van der Waals surface area contributed by atoms with Crippen molar-refractivity contribution in [2.24, 2.45) is 0 Å². The average molecular weight is 271 g/mol. The highest BCUT2D eigenvalue weighted by Crippen LogP contribution is 2.21. The van der Waals surface area contributed by atoms with Crippen LogP contribution in [-0.4, -0.2) is 29.7 Å². The molecule has 0 saturated carbocycles.